The van der Waals surface area contributed by atoms with Gasteiger partial charge in [-0.25, -0.2) is 13.6 Å². The Hall–Kier alpha value is -3.37. The Kier molecular flexibility index (Phi) is 6.96. The lowest BCUT2D eigenvalue weighted by atomic mass is 10.2. The summed E-state index contributed by atoms with van der Waals surface area (Å²) in [6.45, 7) is 0.503. The van der Waals surface area contributed by atoms with E-state index >= 15 is 8.78 Å². The van der Waals surface area contributed by atoms with Gasteiger partial charge in [-0.05, 0) is 43.5 Å². The molecule has 1 saturated carbocycles. The molecule has 0 bridgehead atoms. The fourth-order valence-electron chi connectivity index (χ4n) is 4.38. The first kappa shape index (κ1) is 25.3. The molecule has 1 fully saturated rings. The highest BCUT2D eigenvalue weighted by Gasteiger charge is 2.35. The lowest BCUT2D eigenvalue weighted by Crippen LogP contribution is -2.17. The zero-order chi connectivity index (χ0) is 26.3. The van der Waals surface area contributed by atoms with E-state index in [4.69, 9.17) is 11.6 Å². The van der Waals surface area contributed by atoms with E-state index in [1.54, 1.807) is 34.8 Å². The number of amides is 1. The van der Waals surface area contributed by atoms with E-state index in [1.807, 2.05) is 0 Å². The Morgan fingerprint density at radius 1 is 1.22 bits per heavy atom. The minimum atomic E-state index is -1.36. The van der Waals surface area contributed by atoms with Gasteiger partial charge < -0.3 is 15.0 Å². The van der Waals surface area contributed by atoms with Crippen molar-refractivity contribution in [3.8, 4) is 5.69 Å². The van der Waals surface area contributed by atoms with E-state index in [2.05, 4.69) is 10.4 Å². The van der Waals surface area contributed by atoms with E-state index in [1.165, 1.54) is 24.3 Å². The maximum absolute atomic E-state index is 15.6. The Morgan fingerprint density at radius 3 is 2.70 bits per heavy atom. The van der Waals surface area contributed by atoms with E-state index in [-0.39, 0.29) is 27.3 Å². The molecular formula is C26H23ClF2N4O3S. The van der Waals surface area contributed by atoms with Crippen molar-refractivity contribution in [2.75, 3.05) is 7.05 Å². The van der Waals surface area contributed by atoms with Crippen LogP contribution in [0, 0.1) is 11.6 Å². The second-order valence-electron chi connectivity index (χ2n) is 8.84. The highest BCUT2D eigenvalue weighted by molar-refractivity contribution is 7.99. The number of aromatic carboxylic acids is 1. The van der Waals surface area contributed by atoms with E-state index in [0.717, 1.165) is 30.3 Å². The molecule has 2 aromatic heterocycles. The molecule has 0 spiro atoms. The number of nitrogens with one attached hydrogen (secondary N) is 1. The quantitative estimate of drug-likeness (QED) is 0.269. The van der Waals surface area contributed by atoms with Gasteiger partial charge >= 0.3 is 5.97 Å². The van der Waals surface area contributed by atoms with Crippen LogP contribution in [0.15, 0.2) is 52.5 Å². The van der Waals surface area contributed by atoms with Gasteiger partial charge in [0.1, 0.15) is 0 Å². The number of carbonyl (C=O) groups is 2. The summed E-state index contributed by atoms with van der Waals surface area (Å²) >= 11 is 7.27. The first-order valence-corrected chi connectivity index (χ1v) is 12.9. The van der Waals surface area contributed by atoms with Gasteiger partial charge in [0.15, 0.2) is 11.6 Å². The van der Waals surface area contributed by atoms with Gasteiger partial charge in [-0.2, -0.15) is 5.10 Å². The SMILES string of the molecule is CNC(=O)CCCn1cc(-n2c(C3CC3)c(Sc3cccc(C(=O)O)c3F)c3ccc(Cl)c(F)c32)cn1. The van der Waals surface area contributed by atoms with Crippen LogP contribution < -0.4 is 5.32 Å². The maximum Gasteiger partial charge on any atom is 0.338 e. The van der Waals surface area contributed by atoms with Crippen molar-refractivity contribution in [1.82, 2.24) is 19.7 Å². The molecule has 0 unspecified atom stereocenters. The van der Waals surface area contributed by atoms with Gasteiger partial charge in [0.2, 0.25) is 5.91 Å². The van der Waals surface area contributed by atoms with Crippen LogP contribution in [0.25, 0.3) is 16.6 Å². The predicted molar refractivity (Wildman–Crippen MR) is 137 cm³/mol. The van der Waals surface area contributed by atoms with Crippen molar-refractivity contribution < 1.29 is 23.5 Å². The average molecular weight is 545 g/mol. The Bertz CT molecular complexity index is 1530. The Balaban J connectivity index is 1.63. The van der Waals surface area contributed by atoms with Crippen LogP contribution in [0.5, 0.6) is 0 Å². The monoisotopic (exact) mass is 544 g/mol. The summed E-state index contributed by atoms with van der Waals surface area (Å²) in [5.41, 5.74) is 1.27. The number of carbonyl (C=O) groups excluding carboxylic acids is 1. The number of fused-ring (bicyclic) bond motifs is 1. The normalized spacial score (nSPS) is 13.3. The molecule has 1 aliphatic rings. The second kappa shape index (κ2) is 10.2. The average Bonchev–Trinajstić information content (AvgIpc) is 3.52. The Labute approximate surface area is 220 Å². The first-order valence-electron chi connectivity index (χ1n) is 11.8. The van der Waals surface area contributed by atoms with E-state index in [0.29, 0.717) is 35.4 Å². The largest absolute Gasteiger partial charge is 0.478 e. The van der Waals surface area contributed by atoms with Crippen molar-refractivity contribution in [3.63, 3.8) is 0 Å². The molecule has 0 saturated heterocycles. The number of halogens is 3. The van der Waals surface area contributed by atoms with E-state index < -0.39 is 23.2 Å². The topological polar surface area (TPSA) is 89.2 Å². The zero-order valence-corrected chi connectivity index (χ0v) is 21.4. The molecule has 4 aromatic rings. The van der Waals surface area contributed by atoms with Gasteiger partial charge in [-0.1, -0.05) is 29.4 Å². The molecule has 1 aliphatic carbocycles. The number of hydrogen-bond acceptors (Lipinski definition) is 4. The number of carboxylic acid groups (broad SMARTS) is 1. The third-order valence-electron chi connectivity index (χ3n) is 6.33. The standard InChI is InChI=1S/C26H23ClF2N4O3S/c1-30-20(34)6-3-11-32-13-15(12-31-32)33-23(14-7-8-14)25(17-9-10-18(27)22(29)24(17)33)37-19-5-2-4-16(21(19)28)26(35)36/h2,4-5,9-10,12-14H,3,6-8,11H2,1H3,(H,30,34)(H,35,36). The summed E-state index contributed by atoms with van der Waals surface area (Å²) in [5.74, 6) is -2.72. The fourth-order valence-corrected chi connectivity index (χ4v) is 5.74. The highest BCUT2D eigenvalue weighted by Crippen LogP contribution is 2.51. The van der Waals surface area contributed by atoms with Crippen molar-refractivity contribution in [2.45, 2.75) is 47.9 Å². The lowest BCUT2D eigenvalue weighted by molar-refractivity contribution is -0.120. The maximum atomic E-state index is 15.6. The molecule has 0 radical (unpaired) electrons. The van der Waals surface area contributed by atoms with Crippen LogP contribution in [-0.4, -0.2) is 38.4 Å². The molecule has 2 N–H and O–H groups in total. The van der Waals surface area contributed by atoms with Crippen LogP contribution in [0.1, 0.15) is 47.7 Å². The molecule has 7 nitrogen and oxygen atoms in total. The summed E-state index contributed by atoms with van der Waals surface area (Å²) in [6.07, 6.45) is 6.14. The molecule has 11 heteroatoms. The van der Waals surface area contributed by atoms with Crippen molar-refractivity contribution in [1.29, 1.82) is 0 Å². The number of carboxylic acids is 1. The summed E-state index contributed by atoms with van der Waals surface area (Å²) in [4.78, 5) is 23.8. The zero-order valence-electron chi connectivity index (χ0n) is 19.8. The van der Waals surface area contributed by atoms with Crippen LogP contribution >= 0.6 is 23.4 Å². The number of aromatic nitrogens is 3. The third-order valence-corrected chi connectivity index (χ3v) is 7.79. The predicted octanol–water partition coefficient (Wildman–Crippen LogP) is 6.01. The van der Waals surface area contributed by atoms with Crippen molar-refractivity contribution in [3.05, 3.63) is 70.6 Å². The molecule has 192 valence electrons. The number of nitrogens with zero attached hydrogens (tertiary/aromatic N) is 3. The first-order chi connectivity index (χ1) is 17.8. The fraction of sp³-hybridized carbons (Fsp3) is 0.269. The lowest BCUT2D eigenvalue weighted by Gasteiger charge is -2.11. The second-order valence-corrected chi connectivity index (χ2v) is 10.3. The van der Waals surface area contributed by atoms with Gasteiger partial charge in [0.25, 0.3) is 0 Å². The van der Waals surface area contributed by atoms with Crippen LogP contribution in [-0.2, 0) is 11.3 Å². The number of aryl methyl sites for hydroxylation is 1. The molecule has 2 aromatic carbocycles. The molecule has 0 aliphatic heterocycles. The van der Waals surface area contributed by atoms with Gasteiger partial charge in [-0.3, -0.25) is 9.48 Å². The summed E-state index contributed by atoms with van der Waals surface area (Å²) < 4.78 is 34.1. The van der Waals surface area contributed by atoms with Crippen LogP contribution in [0.3, 0.4) is 0 Å². The van der Waals surface area contributed by atoms with E-state index in [9.17, 15) is 14.7 Å². The molecule has 2 heterocycles. The third kappa shape index (κ3) is 4.83. The summed E-state index contributed by atoms with van der Waals surface area (Å²) in [6, 6.07) is 7.40. The number of hydrogen-bond donors (Lipinski definition) is 2. The van der Waals surface area contributed by atoms with Crippen molar-refractivity contribution in [2.24, 2.45) is 0 Å². The summed E-state index contributed by atoms with van der Waals surface area (Å²) in [7, 11) is 1.59. The van der Waals surface area contributed by atoms with Crippen LogP contribution in [0.2, 0.25) is 5.02 Å². The number of benzene rings is 2. The van der Waals surface area contributed by atoms with Gasteiger partial charge in [-0.15, -0.1) is 0 Å². The summed E-state index contributed by atoms with van der Waals surface area (Å²) in [5, 5.41) is 16.9. The Morgan fingerprint density at radius 2 is 2.00 bits per heavy atom. The molecule has 1 amide bonds. The van der Waals surface area contributed by atoms with Gasteiger partial charge in [0, 0.05) is 53.0 Å². The molecule has 0 atom stereocenters. The molecular weight excluding hydrogens is 522 g/mol. The smallest absolute Gasteiger partial charge is 0.338 e. The highest BCUT2D eigenvalue weighted by atomic mass is 35.5. The molecule has 5 rings (SSSR count). The van der Waals surface area contributed by atoms with Gasteiger partial charge in [0.05, 0.1) is 28.0 Å². The minimum Gasteiger partial charge on any atom is -0.478 e. The molecule has 37 heavy (non-hydrogen) atoms. The number of rotatable bonds is 9. The minimum absolute atomic E-state index is 0.0397. The van der Waals surface area contributed by atoms with Crippen molar-refractivity contribution >= 4 is 46.1 Å². The van der Waals surface area contributed by atoms with Crippen LogP contribution in [0.4, 0.5) is 8.78 Å².